The number of ether oxygens (including phenoxy) is 1. The molecule has 7 heteroatoms. The van der Waals surface area contributed by atoms with Gasteiger partial charge in [-0.15, -0.1) is 0 Å². The van der Waals surface area contributed by atoms with Crippen molar-refractivity contribution in [3.63, 3.8) is 0 Å². The largest absolute Gasteiger partial charge is 0.479 e. The van der Waals surface area contributed by atoms with Crippen LogP contribution in [-0.4, -0.2) is 42.3 Å². The van der Waals surface area contributed by atoms with E-state index in [1.54, 1.807) is 12.3 Å². The summed E-state index contributed by atoms with van der Waals surface area (Å²) >= 11 is 0. The molecule has 19 heavy (non-hydrogen) atoms. The number of carbonyl (C=O) groups excluding carboxylic acids is 1. The van der Waals surface area contributed by atoms with E-state index in [4.69, 9.17) is 4.74 Å². The Morgan fingerprint density at radius 3 is 2.84 bits per heavy atom. The van der Waals surface area contributed by atoms with Crippen molar-refractivity contribution >= 4 is 17.3 Å². The van der Waals surface area contributed by atoms with Crippen LogP contribution in [0.3, 0.4) is 0 Å². The number of aromatic amines is 1. The number of anilines is 2. The molecule has 0 atom stereocenters. The average molecular weight is 261 g/mol. The Hall–Kier alpha value is -2.57. The molecule has 0 saturated heterocycles. The lowest BCUT2D eigenvalue weighted by molar-refractivity contribution is 0.102. The molecule has 0 aliphatic carbocycles. The zero-order valence-corrected chi connectivity index (χ0v) is 11.0. The molecule has 2 aromatic heterocycles. The molecule has 2 rings (SSSR count). The number of carbonyl (C=O) groups is 1. The molecule has 2 heterocycles. The summed E-state index contributed by atoms with van der Waals surface area (Å²) in [6, 6.07) is 1.80. The molecule has 100 valence electrons. The van der Waals surface area contributed by atoms with Crippen molar-refractivity contribution in [3.05, 3.63) is 30.2 Å². The number of nitrogens with one attached hydrogen (secondary N) is 2. The molecule has 0 radical (unpaired) electrons. The van der Waals surface area contributed by atoms with E-state index in [1.807, 2.05) is 19.0 Å². The Morgan fingerprint density at radius 2 is 2.26 bits per heavy atom. The van der Waals surface area contributed by atoms with Crippen molar-refractivity contribution in [2.45, 2.75) is 0 Å². The molecule has 0 bridgehead atoms. The van der Waals surface area contributed by atoms with Crippen LogP contribution in [0.2, 0.25) is 0 Å². The Bertz CT molecular complexity index is 566. The van der Waals surface area contributed by atoms with Gasteiger partial charge in [0.2, 0.25) is 5.88 Å². The quantitative estimate of drug-likeness (QED) is 0.862. The third-order valence-electron chi connectivity index (χ3n) is 2.57. The summed E-state index contributed by atoms with van der Waals surface area (Å²) in [6.07, 6.45) is 4.60. The van der Waals surface area contributed by atoms with Crippen molar-refractivity contribution in [1.29, 1.82) is 0 Å². The van der Waals surface area contributed by atoms with Gasteiger partial charge in [0.15, 0.2) is 0 Å². The Kier molecular flexibility index (Phi) is 3.65. The molecule has 2 aromatic rings. The summed E-state index contributed by atoms with van der Waals surface area (Å²) in [5, 5.41) is 9.12. The number of aromatic nitrogens is 3. The highest BCUT2D eigenvalue weighted by Crippen LogP contribution is 2.32. The second kappa shape index (κ2) is 5.38. The first-order valence-corrected chi connectivity index (χ1v) is 5.64. The molecule has 0 spiro atoms. The Balaban J connectivity index is 2.35. The van der Waals surface area contributed by atoms with Gasteiger partial charge in [-0.05, 0) is 6.07 Å². The van der Waals surface area contributed by atoms with Crippen LogP contribution in [0, 0.1) is 0 Å². The fourth-order valence-electron chi connectivity index (χ4n) is 1.64. The molecule has 7 nitrogen and oxygen atoms in total. The molecular weight excluding hydrogens is 246 g/mol. The fraction of sp³-hybridized carbons (Fsp3) is 0.250. The number of methoxy groups -OCH3 is 1. The first-order valence-electron chi connectivity index (χ1n) is 5.64. The third-order valence-corrected chi connectivity index (χ3v) is 2.57. The standard InChI is InChI=1S/C12H15N5O2/c1-17(2)9-4-5-13-12(19-3)10(9)16-11(18)8-6-14-15-7-8/h4-7H,1-3H3,(H,14,15)(H,16,18). The van der Waals surface area contributed by atoms with Crippen LogP contribution < -0.4 is 15.0 Å². The van der Waals surface area contributed by atoms with Crippen LogP contribution in [-0.2, 0) is 0 Å². The van der Waals surface area contributed by atoms with E-state index in [1.165, 1.54) is 19.5 Å². The van der Waals surface area contributed by atoms with E-state index in [0.29, 0.717) is 17.1 Å². The highest BCUT2D eigenvalue weighted by Gasteiger charge is 2.16. The maximum absolute atomic E-state index is 12.0. The summed E-state index contributed by atoms with van der Waals surface area (Å²) in [4.78, 5) is 18.0. The number of pyridine rings is 1. The van der Waals surface area contributed by atoms with Gasteiger partial charge >= 0.3 is 0 Å². The van der Waals surface area contributed by atoms with Crippen LogP contribution in [0.25, 0.3) is 0 Å². The molecular formula is C12H15N5O2. The zero-order chi connectivity index (χ0) is 13.8. The van der Waals surface area contributed by atoms with Crippen LogP contribution in [0.1, 0.15) is 10.4 Å². The summed E-state index contributed by atoms with van der Waals surface area (Å²) in [5.74, 6) is 0.0891. The molecule has 1 amide bonds. The SMILES string of the molecule is COc1nccc(N(C)C)c1NC(=O)c1cn[nH]c1. The normalized spacial score (nSPS) is 10.1. The summed E-state index contributed by atoms with van der Waals surface area (Å²) < 4.78 is 5.18. The number of amides is 1. The van der Waals surface area contributed by atoms with Crippen molar-refractivity contribution in [2.75, 3.05) is 31.4 Å². The van der Waals surface area contributed by atoms with E-state index in [0.717, 1.165) is 5.69 Å². The highest BCUT2D eigenvalue weighted by molar-refractivity contribution is 6.06. The average Bonchev–Trinajstić information content (AvgIpc) is 2.92. The van der Waals surface area contributed by atoms with Gasteiger partial charge in [-0.2, -0.15) is 5.10 Å². The lowest BCUT2D eigenvalue weighted by atomic mass is 10.2. The summed E-state index contributed by atoms with van der Waals surface area (Å²) in [6.45, 7) is 0. The van der Waals surface area contributed by atoms with Crippen molar-refractivity contribution in [1.82, 2.24) is 15.2 Å². The van der Waals surface area contributed by atoms with Crippen LogP contribution in [0.4, 0.5) is 11.4 Å². The predicted molar refractivity (Wildman–Crippen MR) is 71.7 cm³/mol. The van der Waals surface area contributed by atoms with Gasteiger partial charge in [0.25, 0.3) is 5.91 Å². The van der Waals surface area contributed by atoms with Gasteiger partial charge in [0, 0.05) is 26.5 Å². The van der Waals surface area contributed by atoms with Gasteiger partial charge in [0.1, 0.15) is 5.69 Å². The van der Waals surface area contributed by atoms with Gasteiger partial charge in [0.05, 0.1) is 24.6 Å². The monoisotopic (exact) mass is 261 g/mol. The summed E-state index contributed by atoms with van der Waals surface area (Å²) in [5.41, 5.74) is 1.78. The maximum Gasteiger partial charge on any atom is 0.259 e. The minimum absolute atomic E-state index is 0.275. The Morgan fingerprint density at radius 1 is 1.47 bits per heavy atom. The highest BCUT2D eigenvalue weighted by atomic mass is 16.5. The minimum Gasteiger partial charge on any atom is -0.479 e. The van der Waals surface area contributed by atoms with E-state index in [2.05, 4.69) is 20.5 Å². The molecule has 0 aliphatic rings. The molecule has 0 unspecified atom stereocenters. The molecule has 0 saturated carbocycles. The zero-order valence-electron chi connectivity index (χ0n) is 11.0. The van der Waals surface area contributed by atoms with Crippen LogP contribution in [0.15, 0.2) is 24.7 Å². The molecule has 0 aromatic carbocycles. The number of H-pyrrole nitrogens is 1. The van der Waals surface area contributed by atoms with Crippen LogP contribution >= 0.6 is 0 Å². The summed E-state index contributed by atoms with van der Waals surface area (Å²) in [7, 11) is 5.26. The molecule has 2 N–H and O–H groups in total. The second-order valence-corrected chi connectivity index (χ2v) is 4.05. The lowest BCUT2D eigenvalue weighted by Crippen LogP contribution is -2.17. The number of hydrogen-bond acceptors (Lipinski definition) is 5. The lowest BCUT2D eigenvalue weighted by Gasteiger charge is -2.19. The third kappa shape index (κ3) is 2.65. The van der Waals surface area contributed by atoms with E-state index < -0.39 is 0 Å². The van der Waals surface area contributed by atoms with Crippen LogP contribution in [0.5, 0.6) is 5.88 Å². The number of rotatable bonds is 4. The van der Waals surface area contributed by atoms with Crippen molar-refractivity contribution in [3.8, 4) is 5.88 Å². The van der Waals surface area contributed by atoms with Gasteiger partial charge < -0.3 is 15.0 Å². The predicted octanol–water partition coefficient (Wildman–Crippen LogP) is 1.13. The maximum atomic E-state index is 12.0. The first kappa shape index (κ1) is 12.9. The topological polar surface area (TPSA) is 83.1 Å². The second-order valence-electron chi connectivity index (χ2n) is 4.05. The van der Waals surface area contributed by atoms with Gasteiger partial charge in [-0.1, -0.05) is 0 Å². The van der Waals surface area contributed by atoms with Crippen molar-refractivity contribution in [2.24, 2.45) is 0 Å². The first-order chi connectivity index (χ1) is 9.13. The number of nitrogens with zero attached hydrogens (tertiary/aromatic N) is 3. The van der Waals surface area contributed by atoms with E-state index in [-0.39, 0.29) is 5.91 Å². The smallest absolute Gasteiger partial charge is 0.259 e. The van der Waals surface area contributed by atoms with Gasteiger partial charge in [-0.25, -0.2) is 4.98 Å². The van der Waals surface area contributed by atoms with Crippen molar-refractivity contribution < 1.29 is 9.53 Å². The van der Waals surface area contributed by atoms with Gasteiger partial charge in [-0.3, -0.25) is 9.89 Å². The van der Waals surface area contributed by atoms with E-state index in [9.17, 15) is 4.79 Å². The molecule has 0 aliphatic heterocycles. The molecule has 0 fully saturated rings. The Labute approximate surface area is 110 Å². The number of hydrogen-bond donors (Lipinski definition) is 2. The minimum atomic E-state index is -0.275. The van der Waals surface area contributed by atoms with E-state index >= 15 is 0 Å². The fourth-order valence-corrected chi connectivity index (χ4v) is 1.64.